The average molecular weight is 1420 g/mol. The molecule has 0 bridgehead atoms. The Labute approximate surface area is 637 Å². The zero-order valence-corrected chi connectivity index (χ0v) is 61.3. The first kappa shape index (κ1) is 65.2. The van der Waals surface area contributed by atoms with Crippen LogP contribution in [0.5, 0.6) is 0 Å². The number of halogens is 1. The van der Waals surface area contributed by atoms with E-state index in [4.69, 9.17) is 41.5 Å². The van der Waals surface area contributed by atoms with E-state index in [1.54, 1.807) is 0 Å². The summed E-state index contributed by atoms with van der Waals surface area (Å²) in [5.74, 6) is 3.88. The summed E-state index contributed by atoms with van der Waals surface area (Å²) < 4.78 is 2.46. The van der Waals surface area contributed by atoms with Gasteiger partial charge in [0.2, 0.25) is 0 Å². The van der Waals surface area contributed by atoms with Crippen molar-refractivity contribution in [3.05, 3.63) is 378 Å². The summed E-state index contributed by atoms with van der Waals surface area (Å²) in [5, 5.41) is 12.7. The summed E-state index contributed by atoms with van der Waals surface area (Å²) >= 11 is 6.42. The molecule has 3 heterocycles. The third-order valence-corrected chi connectivity index (χ3v) is 23.1. The molecule has 109 heavy (non-hydrogen) atoms. The van der Waals surface area contributed by atoms with Gasteiger partial charge in [-0.05, 0) is 154 Å². The number of benzene rings is 16. The van der Waals surface area contributed by atoms with Gasteiger partial charge in [0.1, 0.15) is 0 Å². The number of hydrogen-bond acceptors (Lipinski definition) is 6. The smallest absolute Gasteiger partial charge is 0.164 e. The van der Waals surface area contributed by atoms with E-state index in [0.29, 0.717) is 40.0 Å². The number of aromatic nitrogens is 7. The average Bonchev–Trinajstić information content (AvgIpc) is 1.55. The van der Waals surface area contributed by atoms with Gasteiger partial charge >= 0.3 is 0 Å². The Kier molecular flexibility index (Phi) is 15.6. The number of nitrogens with zero attached hydrogens (tertiary/aromatic N) is 7. The molecule has 0 saturated heterocycles. The topological polar surface area (TPSA) is 82.3 Å². The molecule has 0 atom stereocenters. The van der Waals surface area contributed by atoms with Gasteiger partial charge in [-0.25, -0.2) is 29.9 Å². The molecular formula is C101H70ClN7. The van der Waals surface area contributed by atoms with Crippen LogP contribution in [0, 0.1) is 0 Å². The largest absolute Gasteiger partial charge is 0.309 e. The van der Waals surface area contributed by atoms with Gasteiger partial charge in [0.05, 0.1) is 16.7 Å². The van der Waals surface area contributed by atoms with Crippen LogP contribution < -0.4 is 0 Å². The fourth-order valence-electron chi connectivity index (χ4n) is 17.4. The van der Waals surface area contributed by atoms with E-state index >= 15 is 0 Å². The molecule has 0 amide bonds. The molecule has 0 unspecified atom stereocenters. The Morgan fingerprint density at radius 2 is 0.661 bits per heavy atom. The Morgan fingerprint density at radius 3 is 1.19 bits per heavy atom. The number of fused-ring (bicyclic) bond motifs is 18. The van der Waals surface area contributed by atoms with Crippen LogP contribution in [0.25, 0.3) is 172 Å². The van der Waals surface area contributed by atoms with Crippen molar-refractivity contribution in [3.63, 3.8) is 0 Å². The van der Waals surface area contributed by atoms with Crippen molar-refractivity contribution >= 4 is 76.5 Å². The molecule has 22 rings (SSSR count). The second-order valence-corrected chi connectivity index (χ2v) is 30.1. The van der Waals surface area contributed by atoms with E-state index in [-0.39, 0.29) is 10.8 Å². The minimum Gasteiger partial charge on any atom is -0.309 e. The summed E-state index contributed by atoms with van der Waals surface area (Å²) in [6.07, 6.45) is 1.06. The van der Waals surface area contributed by atoms with Crippen molar-refractivity contribution < 1.29 is 0 Å². The second-order valence-electron chi connectivity index (χ2n) is 29.7. The summed E-state index contributed by atoms with van der Waals surface area (Å²) in [6.45, 7) is 9.50. The second kappa shape index (κ2) is 26.0. The predicted molar refractivity (Wildman–Crippen MR) is 451 cm³/mol. The SMILES string of the molecule is CC1(C)c2cc3c(cc2-c2c1ccc1ccccc21)-c1ccccc1C3.CC1(C)c2cc3c(cc2-c2c1ccc1ccccc21)c1ccccc1n3-c1ccc(-c2nc(-c3ccccc3)nc(-c3ccccc3)n2)c2ccccc12.Clc1ccc(-c2nc(-c3ccccc3)nc(-c3ccccc3)n2)c2ccccc12. The summed E-state index contributed by atoms with van der Waals surface area (Å²) in [6, 6.07) is 120. The molecule has 16 aromatic carbocycles. The van der Waals surface area contributed by atoms with Crippen LogP contribution in [0.4, 0.5) is 0 Å². The predicted octanol–water partition coefficient (Wildman–Crippen LogP) is 26.0. The van der Waals surface area contributed by atoms with E-state index in [2.05, 4.69) is 239 Å². The quantitative estimate of drug-likeness (QED) is 0.158. The van der Waals surface area contributed by atoms with Crippen LogP contribution in [-0.4, -0.2) is 34.5 Å². The number of rotatable bonds is 7. The molecule has 516 valence electrons. The third-order valence-electron chi connectivity index (χ3n) is 22.7. The molecule has 0 fully saturated rings. The summed E-state index contributed by atoms with van der Waals surface area (Å²) in [5.41, 5.74) is 26.2. The van der Waals surface area contributed by atoms with Crippen LogP contribution in [0.2, 0.25) is 5.02 Å². The van der Waals surface area contributed by atoms with Gasteiger partial charge in [0.25, 0.3) is 0 Å². The van der Waals surface area contributed by atoms with Crippen LogP contribution in [0.3, 0.4) is 0 Å². The molecule has 3 aromatic heterocycles. The Hall–Kier alpha value is -13.3. The highest BCUT2D eigenvalue weighted by Crippen LogP contribution is 2.56. The van der Waals surface area contributed by atoms with Crippen molar-refractivity contribution in [2.45, 2.75) is 44.9 Å². The van der Waals surface area contributed by atoms with Crippen molar-refractivity contribution in [1.29, 1.82) is 0 Å². The van der Waals surface area contributed by atoms with Gasteiger partial charge in [0.15, 0.2) is 34.9 Å². The lowest BCUT2D eigenvalue weighted by Crippen LogP contribution is -2.15. The highest BCUT2D eigenvalue weighted by Gasteiger charge is 2.40. The van der Waals surface area contributed by atoms with E-state index in [9.17, 15) is 0 Å². The molecule has 0 saturated carbocycles. The van der Waals surface area contributed by atoms with E-state index in [1.807, 2.05) is 133 Å². The molecule has 19 aromatic rings. The van der Waals surface area contributed by atoms with E-state index in [1.165, 1.54) is 110 Å². The van der Waals surface area contributed by atoms with Gasteiger partial charge in [-0.3, -0.25) is 0 Å². The Morgan fingerprint density at radius 1 is 0.257 bits per heavy atom. The lowest BCUT2D eigenvalue weighted by molar-refractivity contribution is 0.660. The number of para-hydroxylation sites is 1. The van der Waals surface area contributed by atoms with Crippen molar-refractivity contribution in [3.8, 4) is 107 Å². The first-order chi connectivity index (χ1) is 53.5. The molecule has 0 radical (unpaired) electrons. The Balaban J connectivity index is 0.000000119. The highest BCUT2D eigenvalue weighted by atomic mass is 35.5. The van der Waals surface area contributed by atoms with Crippen LogP contribution in [0.1, 0.15) is 61.1 Å². The molecule has 0 spiro atoms. The third kappa shape index (κ3) is 10.9. The van der Waals surface area contributed by atoms with Crippen molar-refractivity contribution in [2.24, 2.45) is 0 Å². The summed E-state index contributed by atoms with van der Waals surface area (Å²) in [7, 11) is 0. The van der Waals surface area contributed by atoms with Gasteiger partial charge in [-0.15, -0.1) is 0 Å². The van der Waals surface area contributed by atoms with Crippen molar-refractivity contribution in [1.82, 2.24) is 34.5 Å². The summed E-state index contributed by atoms with van der Waals surface area (Å²) in [4.78, 5) is 29.5. The number of hydrogen-bond donors (Lipinski definition) is 0. The molecular weight excluding hydrogens is 1350 g/mol. The van der Waals surface area contributed by atoms with Gasteiger partial charge in [-0.1, -0.05) is 330 Å². The lowest BCUT2D eigenvalue weighted by atomic mass is 9.81. The molecule has 7 nitrogen and oxygen atoms in total. The maximum Gasteiger partial charge on any atom is 0.164 e. The first-order valence-corrected chi connectivity index (χ1v) is 37.7. The van der Waals surface area contributed by atoms with E-state index in [0.717, 1.165) is 67.0 Å². The van der Waals surface area contributed by atoms with Crippen LogP contribution >= 0.6 is 11.6 Å². The zero-order chi connectivity index (χ0) is 73.1. The molecule has 0 aliphatic heterocycles. The van der Waals surface area contributed by atoms with Gasteiger partial charge in [-0.2, -0.15) is 0 Å². The molecule has 3 aliphatic rings. The lowest BCUT2D eigenvalue weighted by Gasteiger charge is -2.22. The monoisotopic (exact) mass is 1420 g/mol. The fourth-order valence-corrected chi connectivity index (χ4v) is 17.6. The minimum atomic E-state index is -0.151. The Bertz CT molecular complexity index is 6770. The van der Waals surface area contributed by atoms with Crippen molar-refractivity contribution in [2.75, 3.05) is 0 Å². The fraction of sp³-hybridized carbons (Fsp3) is 0.0693. The normalized spacial score (nSPS) is 13.1. The van der Waals surface area contributed by atoms with Crippen LogP contribution in [0.15, 0.2) is 340 Å². The molecule has 0 N–H and O–H groups in total. The van der Waals surface area contributed by atoms with Gasteiger partial charge in [0, 0.05) is 70.8 Å². The maximum atomic E-state index is 6.42. The zero-order valence-electron chi connectivity index (χ0n) is 60.5. The highest BCUT2D eigenvalue weighted by molar-refractivity contribution is 6.36. The minimum absolute atomic E-state index is 0.0541. The van der Waals surface area contributed by atoms with E-state index < -0.39 is 0 Å². The standard InChI is InChI=1S/C50H34N4.C26H20.C25H16ClN3/c1-50(2)41-27-25-31-15-9-10-20-34(31)46(41)40-29-39-37-23-13-14-24-43(37)54(45(39)30-42(40)50)44-28-26-38(35-21-11-12-22-36(35)44)49-52-47(32-16-5-3-6-17-32)51-48(53-49)33-18-7-4-8-19-33;1-26(2)23-12-11-16-7-3-6-10-20(16)25(23)22-15-21-18(14-24(22)26)13-17-8-4-5-9-19(17)21;26-22-16-15-21(19-13-7-8-14-20(19)22)25-28-23(17-9-3-1-4-10-17)27-24(29-25)18-11-5-2-6-12-18/h3-30H,1-2H3;3-12,14-15H,13H2,1-2H3;1-16H. The maximum absolute atomic E-state index is 6.42. The first-order valence-electron chi connectivity index (χ1n) is 37.3. The molecule has 8 heteroatoms. The molecule has 3 aliphatic carbocycles. The van der Waals surface area contributed by atoms with Crippen LogP contribution in [-0.2, 0) is 17.3 Å². The van der Waals surface area contributed by atoms with Gasteiger partial charge < -0.3 is 4.57 Å².